The summed E-state index contributed by atoms with van der Waals surface area (Å²) in [5.41, 5.74) is 12.7. The number of aryl methyl sites for hydroxylation is 1. The maximum Gasteiger partial charge on any atom is 0.201 e. The van der Waals surface area contributed by atoms with Gasteiger partial charge in [0, 0.05) is 6.54 Å². The normalized spacial score (nSPS) is 12.3. The first-order valence-electron chi connectivity index (χ1n) is 11.8. The predicted octanol–water partition coefficient (Wildman–Crippen LogP) is 7.11. The molecule has 0 aliphatic rings. The van der Waals surface area contributed by atoms with Crippen molar-refractivity contribution in [2.24, 2.45) is 0 Å². The van der Waals surface area contributed by atoms with Crippen molar-refractivity contribution in [1.82, 2.24) is 14.5 Å². The summed E-state index contributed by atoms with van der Waals surface area (Å²) in [6, 6.07) is 4.33. The number of hydrogen-bond donors (Lipinski definition) is 1. The number of nitrogen functional groups attached to an aromatic ring is 1. The molecule has 0 aliphatic carbocycles. The van der Waals surface area contributed by atoms with Gasteiger partial charge in [-0.2, -0.15) is 0 Å². The highest BCUT2D eigenvalue weighted by Gasteiger charge is 2.15. The Morgan fingerprint density at radius 3 is 2.28 bits per heavy atom. The van der Waals surface area contributed by atoms with Crippen LogP contribution in [-0.2, 0) is 6.54 Å². The van der Waals surface area contributed by atoms with Gasteiger partial charge >= 0.3 is 0 Å². The molecule has 0 atom stereocenters. The third-order valence-electron chi connectivity index (χ3n) is 5.46. The fourth-order valence-corrected chi connectivity index (χ4v) is 3.81. The van der Waals surface area contributed by atoms with Gasteiger partial charge in [-0.15, -0.1) is 0 Å². The van der Waals surface area contributed by atoms with E-state index in [2.05, 4.69) is 65.7 Å². The van der Waals surface area contributed by atoms with E-state index < -0.39 is 0 Å². The molecule has 0 saturated carbocycles. The lowest BCUT2D eigenvalue weighted by Crippen LogP contribution is -2.25. The fourth-order valence-electron chi connectivity index (χ4n) is 3.81. The molecule has 0 unspecified atom stereocenters. The van der Waals surface area contributed by atoms with Crippen LogP contribution in [0.5, 0.6) is 0 Å². The Morgan fingerprint density at radius 2 is 1.75 bits per heavy atom. The minimum absolute atomic E-state index is 0.563. The topological polar surface area (TPSA) is 47.1 Å². The van der Waals surface area contributed by atoms with Gasteiger partial charge in [0.25, 0.3) is 0 Å². The van der Waals surface area contributed by atoms with Gasteiger partial charge in [0.2, 0.25) is 5.95 Å². The van der Waals surface area contributed by atoms with E-state index in [1.807, 2.05) is 45.9 Å². The number of hydrogen-bond acceptors (Lipinski definition) is 3. The van der Waals surface area contributed by atoms with E-state index >= 15 is 0 Å². The summed E-state index contributed by atoms with van der Waals surface area (Å²) in [4.78, 5) is 7.10. The van der Waals surface area contributed by atoms with Crippen molar-refractivity contribution in [3.05, 3.63) is 72.9 Å². The second kappa shape index (κ2) is 14.3. The van der Waals surface area contributed by atoms with E-state index in [4.69, 9.17) is 5.73 Å². The van der Waals surface area contributed by atoms with Gasteiger partial charge < -0.3 is 15.2 Å². The monoisotopic (exact) mass is 434 g/mol. The summed E-state index contributed by atoms with van der Waals surface area (Å²) in [5, 5.41) is 0. The summed E-state index contributed by atoms with van der Waals surface area (Å²) in [6.45, 7) is 24.4. The molecule has 174 valence electrons. The Hall–Kier alpha value is -2.85. The van der Waals surface area contributed by atoms with Gasteiger partial charge in [0.15, 0.2) is 0 Å². The molecular formula is C28H42N4. The van der Waals surface area contributed by atoms with Gasteiger partial charge in [-0.05, 0) is 74.3 Å². The van der Waals surface area contributed by atoms with Gasteiger partial charge in [0.1, 0.15) is 0 Å². The first-order chi connectivity index (χ1) is 15.5. The van der Waals surface area contributed by atoms with E-state index in [1.54, 1.807) is 6.08 Å². The van der Waals surface area contributed by atoms with Crippen molar-refractivity contribution in [3.63, 3.8) is 0 Å². The van der Waals surface area contributed by atoms with Crippen molar-refractivity contribution in [3.8, 4) is 0 Å². The summed E-state index contributed by atoms with van der Waals surface area (Å²) in [7, 11) is 0. The quantitative estimate of drug-likeness (QED) is 0.383. The lowest BCUT2D eigenvalue weighted by molar-refractivity contribution is 0.294. The van der Waals surface area contributed by atoms with Crippen LogP contribution in [0.2, 0.25) is 0 Å². The minimum Gasteiger partial charge on any atom is -0.369 e. The number of anilines is 1. The van der Waals surface area contributed by atoms with Gasteiger partial charge in [-0.3, -0.25) is 0 Å². The van der Waals surface area contributed by atoms with Crippen LogP contribution in [-0.4, -0.2) is 34.1 Å². The standard InChI is InChI=1S/C26H36N4.C2H6/c1-7-14-20(9-3)22-18-24-25(19-23(22)21(10-4)15-8-2)30(26(27)28-24)17-13-16-29(11-5)12-6;1-2/h7-10,14-15,18-19H,2,4,11-13,16-17H2,1,3,5-6H3,(H2,27,28);1-2H3/b14-7-,20-9+,21-15+;. The molecule has 0 spiro atoms. The summed E-state index contributed by atoms with van der Waals surface area (Å²) in [6.07, 6.45) is 13.0. The molecule has 32 heavy (non-hydrogen) atoms. The van der Waals surface area contributed by atoms with Crippen LogP contribution in [0.4, 0.5) is 5.95 Å². The highest BCUT2D eigenvalue weighted by atomic mass is 15.2. The Kier molecular flexibility index (Phi) is 12.1. The fraction of sp³-hybridized carbons (Fsp3) is 0.393. The van der Waals surface area contributed by atoms with E-state index in [0.717, 1.165) is 65.9 Å². The second-order valence-electron chi connectivity index (χ2n) is 7.19. The first-order valence-corrected chi connectivity index (χ1v) is 11.8. The van der Waals surface area contributed by atoms with Crippen molar-refractivity contribution in [2.75, 3.05) is 25.4 Å². The predicted molar refractivity (Wildman–Crippen MR) is 145 cm³/mol. The first kappa shape index (κ1) is 27.2. The minimum atomic E-state index is 0.563. The Morgan fingerprint density at radius 1 is 1.09 bits per heavy atom. The summed E-state index contributed by atoms with van der Waals surface area (Å²) < 4.78 is 2.13. The Bertz CT molecular complexity index is 969. The average molecular weight is 435 g/mol. The molecule has 0 radical (unpaired) electrons. The van der Waals surface area contributed by atoms with E-state index in [1.165, 1.54) is 0 Å². The van der Waals surface area contributed by atoms with Crippen LogP contribution in [0.3, 0.4) is 0 Å². The van der Waals surface area contributed by atoms with Crippen LogP contribution in [0.1, 0.15) is 59.1 Å². The molecule has 2 aromatic rings. The third kappa shape index (κ3) is 6.57. The van der Waals surface area contributed by atoms with Gasteiger partial charge in [-0.1, -0.05) is 77.3 Å². The maximum absolute atomic E-state index is 6.33. The highest BCUT2D eigenvalue weighted by molar-refractivity contribution is 5.94. The van der Waals surface area contributed by atoms with Crippen LogP contribution in [0.25, 0.3) is 22.2 Å². The smallest absolute Gasteiger partial charge is 0.201 e. The number of imidazole rings is 1. The Labute approximate surface area is 195 Å². The number of benzene rings is 1. The number of rotatable bonds is 11. The zero-order chi connectivity index (χ0) is 24.1. The molecule has 1 heterocycles. The van der Waals surface area contributed by atoms with E-state index in [9.17, 15) is 0 Å². The second-order valence-corrected chi connectivity index (χ2v) is 7.19. The van der Waals surface area contributed by atoms with Gasteiger partial charge in [0.05, 0.1) is 11.0 Å². The third-order valence-corrected chi connectivity index (χ3v) is 5.46. The van der Waals surface area contributed by atoms with Crippen molar-refractivity contribution in [1.29, 1.82) is 0 Å². The molecule has 2 rings (SSSR count). The molecule has 0 bridgehead atoms. The molecule has 4 nitrogen and oxygen atoms in total. The van der Waals surface area contributed by atoms with E-state index in [0.29, 0.717) is 5.95 Å². The van der Waals surface area contributed by atoms with Gasteiger partial charge in [-0.25, -0.2) is 4.98 Å². The number of nitrogens with two attached hydrogens (primary N) is 1. The number of nitrogens with zero attached hydrogens (tertiary/aromatic N) is 3. The molecule has 2 N–H and O–H groups in total. The largest absolute Gasteiger partial charge is 0.369 e. The zero-order valence-corrected chi connectivity index (χ0v) is 21.0. The summed E-state index contributed by atoms with van der Waals surface area (Å²) in [5.74, 6) is 0.563. The van der Waals surface area contributed by atoms with Crippen molar-refractivity contribution >= 4 is 28.1 Å². The van der Waals surface area contributed by atoms with Crippen molar-refractivity contribution < 1.29 is 0 Å². The molecular weight excluding hydrogens is 392 g/mol. The molecule has 0 saturated heterocycles. The molecule has 0 fully saturated rings. The number of fused-ring (bicyclic) bond motifs is 1. The number of aromatic nitrogens is 2. The average Bonchev–Trinajstić information content (AvgIpc) is 3.13. The van der Waals surface area contributed by atoms with Crippen LogP contribution in [0, 0.1) is 0 Å². The summed E-state index contributed by atoms with van der Waals surface area (Å²) >= 11 is 0. The number of allylic oxidation sites excluding steroid dienone is 8. The zero-order valence-electron chi connectivity index (χ0n) is 21.0. The molecule has 4 heteroatoms. The molecule has 0 aliphatic heterocycles. The SMILES string of the molecule is C=C/C=C(\C=C)c1cc2c(cc1C(/C=C\C)=C/C)nc(N)n2CCCN(CC)CC.CC. The molecule has 1 aromatic carbocycles. The van der Waals surface area contributed by atoms with Crippen LogP contribution >= 0.6 is 0 Å². The lowest BCUT2D eigenvalue weighted by atomic mass is 9.92. The molecule has 0 amide bonds. The van der Waals surface area contributed by atoms with Crippen LogP contribution in [0.15, 0.2) is 61.7 Å². The van der Waals surface area contributed by atoms with E-state index in [-0.39, 0.29) is 0 Å². The molecule has 1 aromatic heterocycles. The maximum atomic E-state index is 6.33. The van der Waals surface area contributed by atoms with Crippen LogP contribution < -0.4 is 5.73 Å². The lowest BCUT2D eigenvalue weighted by Gasteiger charge is -2.18. The Balaban J connectivity index is 0.00000249. The highest BCUT2D eigenvalue weighted by Crippen LogP contribution is 2.32. The van der Waals surface area contributed by atoms with Crippen molar-refractivity contribution in [2.45, 2.75) is 54.5 Å².